The average molecular weight is 940 g/mol. The van der Waals surface area contributed by atoms with Crippen LogP contribution < -0.4 is 5.32 Å². The highest BCUT2D eigenvalue weighted by molar-refractivity contribution is 5.76. The van der Waals surface area contributed by atoms with E-state index in [1.54, 1.807) is 6.08 Å². The number of aliphatic hydroxyl groups is 5. The van der Waals surface area contributed by atoms with Gasteiger partial charge in [-0.05, 0) is 77.0 Å². The molecule has 6 N–H and O–H groups in total. The Morgan fingerprint density at radius 1 is 0.522 bits per heavy atom. The quantitative estimate of drug-likeness (QED) is 0.0261. The maximum absolute atomic E-state index is 13.0. The molecule has 7 unspecified atom stereocenters. The molecule has 386 valence electrons. The second kappa shape index (κ2) is 47.1. The van der Waals surface area contributed by atoms with Gasteiger partial charge in [-0.15, -0.1) is 0 Å². The van der Waals surface area contributed by atoms with Crippen molar-refractivity contribution >= 4 is 5.91 Å². The highest BCUT2D eigenvalue weighted by atomic mass is 16.7. The molecule has 1 rings (SSSR count). The van der Waals surface area contributed by atoms with Gasteiger partial charge in [-0.1, -0.05) is 221 Å². The van der Waals surface area contributed by atoms with E-state index in [1.165, 1.54) is 128 Å². The molecule has 67 heavy (non-hydrogen) atoms. The molecular formula is C58H101NO8. The van der Waals surface area contributed by atoms with E-state index in [0.29, 0.717) is 6.42 Å². The van der Waals surface area contributed by atoms with E-state index in [9.17, 15) is 30.3 Å². The third kappa shape index (κ3) is 36.9. The molecule has 0 aromatic rings. The maximum atomic E-state index is 13.0. The molecule has 1 aliphatic rings. The molecule has 0 saturated carbocycles. The second-order valence-corrected chi connectivity index (χ2v) is 18.6. The fraction of sp³-hybridized carbons (Fsp3) is 0.741. The average Bonchev–Trinajstić information content (AvgIpc) is 3.33. The largest absolute Gasteiger partial charge is 0.394 e. The van der Waals surface area contributed by atoms with E-state index in [-0.39, 0.29) is 12.5 Å². The number of rotatable bonds is 45. The van der Waals surface area contributed by atoms with Gasteiger partial charge in [0, 0.05) is 6.42 Å². The Morgan fingerprint density at radius 3 is 1.43 bits per heavy atom. The van der Waals surface area contributed by atoms with Crippen molar-refractivity contribution in [2.45, 2.75) is 262 Å². The summed E-state index contributed by atoms with van der Waals surface area (Å²) in [6.45, 7) is 3.63. The number of carbonyl (C=O) groups excluding carboxylic acids is 1. The summed E-state index contributed by atoms with van der Waals surface area (Å²) < 4.78 is 11.2. The minimum atomic E-state index is -1.57. The summed E-state index contributed by atoms with van der Waals surface area (Å²) in [7, 11) is 0. The van der Waals surface area contributed by atoms with Gasteiger partial charge in [-0.3, -0.25) is 4.79 Å². The highest BCUT2D eigenvalue weighted by Crippen LogP contribution is 2.23. The monoisotopic (exact) mass is 940 g/mol. The molecule has 0 spiro atoms. The molecule has 1 heterocycles. The molecule has 7 atom stereocenters. The first-order chi connectivity index (χ1) is 32.8. The molecule has 1 saturated heterocycles. The van der Waals surface area contributed by atoms with Crippen molar-refractivity contribution in [3.63, 3.8) is 0 Å². The lowest BCUT2D eigenvalue weighted by molar-refractivity contribution is -0.302. The Hall–Kier alpha value is -2.63. The number of hydrogen-bond acceptors (Lipinski definition) is 8. The molecule has 1 amide bonds. The summed E-state index contributed by atoms with van der Waals surface area (Å²) in [5.74, 6) is -0.190. The fourth-order valence-electron chi connectivity index (χ4n) is 8.14. The van der Waals surface area contributed by atoms with Crippen molar-refractivity contribution < 1.29 is 39.8 Å². The van der Waals surface area contributed by atoms with Gasteiger partial charge in [-0.2, -0.15) is 0 Å². The lowest BCUT2D eigenvalue weighted by atomic mass is 9.99. The third-order valence-electron chi connectivity index (χ3n) is 12.5. The molecule has 0 bridgehead atoms. The Labute approximate surface area is 410 Å². The molecule has 0 aromatic heterocycles. The normalized spacial score (nSPS) is 20.4. The van der Waals surface area contributed by atoms with Gasteiger partial charge in [0.15, 0.2) is 6.29 Å². The fourth-order valence-corrected chi connectivity index (χ4v) is 8.14. The first kappa shape index (κ1) is 62.4. The van der Waals surface area contributed by atoms with Gasteiger partial charge in [0.05, 0.1) is 25.4 Å². The van der Waals surface area contributed by atoms with E-state index < -0.39 is 49.5 Å². The van der Waals surface area contributed by atoms with Gasteiger partial charge in [0.1, 0.15) is 24.4 Å². The number of unbranched alkanes of at least 4 members (excludes halogenated alkanes) is 23. The topological polar surface area (TPSA) is 149 Å². The van der Waals surface area contributed by atoms with E-state index >= 15 is 0 Å². The van der Waals surface area contributed by atoms with Crippen molar-refractivity contribution in [1.82, 2.24) is 5.32 Å². The molecule has 0 aliphatic carbocycles. The van der Waals surface area contributed by atoms with E-state index in [4.69, 9.17) is 9.47 Å². The number of amides is 1. The zero-order valence-electron chi connectivity index (χ0n) is 42.6. The van der Waals surface area contributed by atoms with Crippen LogP contribution in [0, 0.1) is 0 Å². The van der Waals surface area contributed by atoms with Gasteiger partial charge in [0.25, 0.3) is 0 Å². The standard InChI is InChI=1S/C58H101NO8/c1-3-5-7-9-11-13-15-17-18-19-20-21-22-23-24-25-26-27-28-29-30-31-32-33-34-36-38-40-42-44-46-48-54(62)59-51(50-66-58-57(65)56(64)55(63)53(49-60)67-58)52(61)47-45-43-41-39-37-35-16-14-12-10-8-6-4-2/h5,7,11,13,17-18,20-21,23-24,37,39,45,47,51-53,55-58,60-61,63-65H,3-4,6,8-10,12,14-16,19,22,25-36,38,40-44,46,48-50H2,1-2H3,(H,59,62)/b7-5-,13-11-,18-17-,21-20-,24-23-,39-37+,47-45+. The van der Waals surface area contributed by atoms with Crippen LogP contribution in [0.5, 0.6) is 0 Å². The van der Waals surface area contributed by atoms with Crippen molar-refractivity contribution in [2.24, 2.45) is 0 Å². The minimum absolute atomic E-state index is 0.190. The number of nitrogens with one attached hydrogen (secondary N) is 1. The molecule has 0 aromatic carbocycles. The van der Waals surface area contributed by atoms with E-state index in [2.05, 4.69) is 92.1 Å². The minimum Gasteiger partial charge on any atom is -0.394 e. The van der Waals surface area contributed by atoms with Gasteiger partial charge in [-0.25, -0.2) is 0 Å². The van der Waals surface area contributed by atoms with Crippen LogP contribution in [0.15, 0.2) is 85.1 Å². The summed E-state index contributed by atoms with van der Waals surface area (Å²) >= 11 is 0. The van der Waals surface area contributed by atoms with Crippen LogP contribution in [0.2, 0.25) is 0 Å². The number of ether oxygens (including phenoxy) is 2. The summed E-state index contributed by atoms with van der Waals surface area (Å²) in [5, 5.41) is 54.3. The Balaban J connectivity index is 2.18. The van der Waals surface area contributed by atoms with E-state index in [1.807, 2.05) is 6.08 Å². The van der Waals surface area contributed by atoms with Crippen molar-refractivity contribution in [2.75, 3.05) is 13.2 Å². The van der Waals surface area contributed by atoms with Crippen molar-refractivity contribution in [1.29, 1.82) is 0 Å². The predicted octanol–water partition coefficient (Wildman–Crippen LogP) is 13.1. The van der Waals surface area contributed by atoms with Crippen molar-refractivity contribution in [3.05, 3.63) is 85.1 Å². The summed E-state index contributed by atoms with van der Waals surface area (Å²) in [4.78, 5) is 13.0. The number of carbonyl (C=O) groups is 1. The molecule has 0 radical (unpaired) electrons. The van der Waals surface area contributed by atoms with Crippen LogP contribution in [0.3, 0.4) is 0 Å². The molecule has 9 nitrogen and oxygen atoms in total. The van der Waals surface area contributed by atoms with Crippen LogP contribution in [-0.4, -0.2) is 87.5 Å². The molecule has 9 heteroatoms. The molecule has 1 aliphatic heterocycles. The lowest BCUT2D eigenvalue weighted by Gasteiger charge is -2.40. The maximum Gasteiger partial charge on any atom is 0.220 e. The molecule has 1 fully saturated rings. The van der Waals surface area contributed by atoms with Crippen LogP contribution in [-0.2, 0) is 14.3 Å². The summed E-state index contributed by atoms with van der Waals surface area (Å²) in [6, 6.07) is -0.824. The summed E-state index contributed by atoms with van der Waals surface area (Å²) in [6.07, 6.45) is 59.4. The van der Waals surface area contributed by atoms with Crippen LogP contribution in [0.4, 0.5) is 0 Å². The molecular weight excluding hydrogens is 839 g/mol. The number of hydrogen-bond donors (Lipinski definition) is 6. The van der Waals surface area contributed by atoms with Crippen LogP contribution >= 0.6 is 0 Å². The zero-order chi connectivity index (χ0) is 48.7. The van der Waals surface area contributed by atoms with Crippen LogP contribution in [0.25, 0.3) is 0 Å². The SMILES string of the molecule is CC/C=C\C/C=C\C/C=C\C/C=C\C/C=C\CCCCCCCCCCCCCCCCCC(=O)NC(COC1OC(CO)C(O)C(O)C1O)C(O)/C=C/CC/C=C/CCCCCCCCC. The van der Waals surface area contributed by atoms with Gasteiger partial charge >= 0.3 is 0 Å². The summed E-state index contributed by atoms with van der Waals surface area (Å²) in [5.41, 5.74) is 0. The second-order valence-electron chi connectivity index (χ2n) is 18.6. The first-order valence-electron chi connectivity index (χ1n) is 27.3. The third-order valence-corrected chi connectivity index (χ3v) is 12.5. The Morgan fingerprint density at radius 2 is 0.940 bits per heavy atom. The smallest absolute Gasteiger partial charge is 0.220 e. The number of allylic oxidation sites excluding steroid dienone is 13. The van der Waals surface area contributed by atoms with Gasteiger partial charge < -0.3 is 40.3 Å². The number of aliphatic hydroxyl groups excluding tert-OH is 5. The zero-order valence-corrected chi connectivity index (χ0v) is 42.6. The Bertz CT molecular complexity index is 1320. The highest BCUT2D eigenvalue weighted by Gasteiger charge is 2.44. The van der Waals surface area contributed by atoms with Crippen molar-refractivity contribution in [3.8, 4) is 0 Å². The Kier molecular flexibility index (Phi) is 43.8. The van der Waals surface area contributed by atoms with Gasteiger partial charge in [0.2, 0.25) is 5.91 Å². The van der Waals surface area contributed by atoms with E-state index in [0.717, 1.165) is 70.6 Å². The van der Waals surface area contributed by atoms with Crippen LogP contribution in [0.1, 0.15) is 219 Å². The first-order valence-corrected chi connectivity index (χ1v) is 27.3. The lowest BCUT2D eigenvalue weighted by Crippen LogP contribution is -2.60. The predicted molar refractivity (Wildman–Crippen MR) is 281 cm³/mol.